The molecule has 1 aromatic carbocycles. The minimum atomic E-state index is -0.312. The van der Waals surface area contributed by atoms with Gasteiger partial charge in [-0.25, -0.2) is 4.79 Å². The Morgan fingerprint density at radius 2 is 2.00 bits per heavy atom. The van der Waals surface area contributed by atoms with E-state index in [1.807, 2.05) is 43.0 Å². The Balaban J connectivity index is 2.27. The summed E-state index contributed by atoms with van der Waals surface area (Å²) in [6.07, 6.45) is 2.46. The molecule has 1 aliphatic heterocycles. The average Bonchev–Trinajstić information content (AvgIpc) is 2.57. The molecular weight excluding hydrogens is 374 g/mol. The molecule has 23 heavy (non-hydrogen) atoms. The molecule has 1 atom stereocenters. The van der Waals surface area contributed by atoms with Crippen molar-refractivity contribution in [3.63, 3.8) is 0 Å². The quantitative estimate of drug-likeness (QED) is 0.587. The van der Waals surface area contributed by atoms with E-state index in [4.69, 9.17) is 4.74 Å². The molecule has 0 radical (unpaired) electrons. The lowest BCUT2D eigenvalue weighted by Crippen LogP contribution is -2.35. The van der Waals surface area contributed by atoms with E-state index >= 15 is 0 Å². The molecule has 1 unspecified atom stereocenters. The van der Waals surface area contributed by atoms with Gasteiger partial charge in [-0.1, -0.05) is 34.1 Å². The monoisotopic (exact) mass is 397 g/mol. The van der Waals surface area contributed by atoms with Crippen molar-refractivity contribution in [2.45, 2.75) is 32.7 Å². The maximum Gasteiger partial charge on any atom is 0.340 e. The summed E-state index contributed by atoms with van der Waals surface area (Å²) in [5.41, 5.74) is 2.32. The number of methoxy groups -OCH3 is 1. The highest BCUT2D eigenvalue weighted by Gasteiger charge is 2.23. The summed E-state index contributed by atoms with van der Waals surface area (Å²) < 4.78 is 5.90. The summed E-state index contributed by atoms with van der Waals surface area (Å²) in [4.78, 5) is 12.3. The molecule has 3 nitrogen and oxygen atoms in total. The second-order valence-corrected chi connectivity index (χ2v) is 7.93. The van der Waals surface area contributed by atoms with Crippen LogP contribution in [0.25, 0.3) is 5.57 Å². The van der Waals surface area contributed by atoms with Gasteiger partial charge in [0.05, 0.1) is 12.7 Å². The fourth-order valence-electron chi connectivity index (χ4n) is 2.98. The predicted octanol–water partition coefficient (Wildman–Crippen LogP) is 4.47. The highest BCUT2D eigenvalue weighted by Crippen LogP contribution is 2.29. The smallest absolute Gasteiger partial charge is 0.340 e. The highest BCUT2D eigenvalue weighted by molar-refractivity contribution is 9.10. The summed E-state index contributed by atoms with van der Waals surface area (Å²) in [6.45, 7) is 4.17. The summed E-state index contributed by atoms with van der Waals surface area (Å²) in [5.74, 6) is 2.80. The van der Waals surface area contributed by atoms with Crippen molar-refractivity contribution in [2.75, 3.05) is 18.6 Å². The number of carbonyl (C=O) groups excluding carboxylic acids is 1. The Kier molecular flexibility index (Phi) is 7.03. The van der Waals surface area contributed by atoms with Gasteiger partial charge < -0.3 is 10.1 Å². The van der Waals surface area contributed by atoms with Crippen LogP contribution >= 0.6 is 27.7 Å². The number of allylic oxidation sites excluding steroid dienone is 1. The number of nitrogens with one attached hydrogen (secondary N) is 1. The van der Waals surface area contributed by atoms with Crippen molar-refractivity contribution in [3.05, 3.63) is 40.0 Å². The Bertz CT molecular complexity index is 582. The first-order valence-electron chi connectivity index (χ1n) is 7.93. The van der Waals surface area contributed by atoms with Gasteiger partial charge in [-0.3, -0.25) is 0 Å². The Morgan fingerprint density at radius 1 is 1.35 bits per heavy atom. The number of carbonyl (C=O) groups is 1. The van der Waals surface area contributed by atoms with E-state index in [9.17, 15) is 4.79 Å². The molecule has 0 bridgehead atoms. The predicted molar refractivity (Wildman–Crippen MR) is 101 cm³/mol. The molecule has 0 saturated carbocycles. The third kappa shape index (κ3) is 4.77. The first-order valence-corrected chi connectivity index (χ1v) is 9.87. The topological polar surface area (TPSA) is 38.3 Å². The second-order valence-electron chi connectivity index (χ2n) is 5.85. The van der Waals surface area contributed by atoms with Gasteiger partial charge >= 0.3 is 5.97 Å². The van der Waals surface area contributed by atoms with Crippen LogP contribution in [0, 0.1) is 5.92 Å². The van der Waals surface area contributed by atoms with Crippen LogP contribution in [-0.2, 0) is 9.53 Å². The molecular formula is C18H24BrNO2S. The fourth-order valence-corrected chi connectivity index (χ4v) is 4.60. The lowest BCUT2D eigenvalue weighted by Gasteiger charge is -2.29. The summed E-state index contributed by atoms with van der Waals surface area (Å²) in [5, 5.41) is 3.54. The fraction of sp³-hybridized carbons (Fsp3) is 0.500. The SMILES string of the molecule is COC(=O)/C(=C(/C)NC(C)C1CCSCC1)c1ccccc1Br. The van der Waals surface area contributed by atoms with Crippen molar-refractivity contribution in [1.29, 1.82) is 0 Å². The largest absolute Gasteiger partial charge is 0.465 e. The van der Waals surface area contributed by atoms with Gasteiger partial charge in [0.1, 0.15) is 0 Å². The molecule has 0 spiro atoms. The number of hydrogen-bond acceptors (Lipinski definition) is 4. The molecule has 2 rings (SSSR count). The number of ether oxygens (including phenoxy) is 1. The molecule has 1 N–H and O–H groups in total. The normalized spacial score (nSPS) is 18.1. The lowest BCUT2D eigenvalue weighted by molar-refractivity contribution is -0.133. The van der Waals surface area contributed by atoms with Crippen LogP contribution in [0.3, 0.4) is 0 Å². The van der Waals surface area contributed by atoms with Gasteiger partial charge in [0, 0.05) is 21.8 Å². The molecule has 1 saturated heterocycles. The van der Waals surface area contributed by atoms with Crippen LogP contribution in [0.15, 0.2) is 34.4 Å². The first-order chi connectivity index (χ1) is 11.0. The zero-order chi connectivity index (χ0) is 16.8. The number of rotatable bonds is 5. The van der Waals surface area contributed by atoms with Crippen LogP contribution in [0.1, 0.15) is 32.3 Å². The van der Waals surface area contributed by atoms with Crippen molar-refractivity contribution in [1.82, 2.24) is 5.32 Å². The zero-order valence-corrected chi connectivity index (χ0v) is 16.3. The van der Waals surface area contributed by atoms with Gasteiger partial charge in [0.25, 0.3) is 0 Å². The number of esters is 1. The third-order valence-corrected chi connectivity index (χ3v) is 6.07. The summed E-state index contributed by atoms with van der Waals surface area (Å²) >= 11 is 5.56. The van der Waals surface area contributed by atoms with Crippen molar-refractivity contribution in [2.24, 2.45) is 5.92 Å². The van der Waals surface area contributed by atoms with Gasteiger partial charge in [0.15, 0.2) is 0 Å². The Morgan fingerprint density at radius 3 is 2.61 bits per heavy atom. The highest BCUT2D eigenvalue weighted by atomic mass is 79.9. The van der Waals surface area contributed by atoms with Gasteiger partial charge in [-0.15, -0.1) is 0 Å². The Labute approximate surface area is 151 Å². The number of benzene rings is 1. The van der Waals surface area contributed by atoms with Crippen molar-refractivity contribution < 1.29 is 9.53 Å². The molecule has 5 heteroatoms. The summed E-state index contributed by atoms with van der Waals surface area (Å²) in [6, 6.07) is 8.08. The molecule has 1 aliphatic rings. The number of thioether (sulfide) groups is 1. The van der Waals surface area contributed by atoms with E-state index in [0.29, 0.717) is 17.5 Å². The van der Waals surface area contributed by atoms with Crippen molar-refractivity contribution in [3.8, 4) is 0 Å². The number of hydrogen-bond donors (Lipinski definition) is 1. The number of halogens is 1. The van der Waals surface area contributed by atoms with E-state index in [-0.39, 0.29) is 5.97 Å². The lowest BCUT2D eigenvalue weighted by atomic mass is 9.94. The maximum absolute atomic E-state index is 12.3. The van der Waals surface area contributed by atoms with Crippen LogP contribution in [-0.4, -0.2) is 30.6 Å². The van der Waals surface area contributed by atoms with Crippen LogP contribution in [0.5, 0.6) is 0 Å². The van der Waals surface area contributed by atoms with E-state index in [2.05, 4.69) is 28.2 Å². The van der Waals surface area contributed by atoms with E-state index in [0.717, 1.165) is 15.7 Å². The van der Waals surface area contributed by atoms with Crippen LogP contribution < -0.4 is 5.32 Å². The summed E-state index contributed by atoms with van der Waals surface area (Å²) in [7, 11) is 1.42. The molecule has 1 aromatic rings. The molecule has 0 aromatic heterocycles. The zero-order valence-electron chi connectivity index (χ0n) is 13.9. The van der Waals surface area contributed by atoms with Gasteiger partial charge in [-0.2, -0.15) is 11.8 Å². The van der Waals surface area contributed by atoms with E-state index < -0.39 is 0 Å². The maximum atomic E-state index is 12.3. The van der Waals surface area contributed by atoms with Crippen LogP contribution in [0.2, 0.25) is 0 Å². The van der Waals surface area contributed by atoms with Gasteiger partial charge in [0.2, 0.25) is 0 Å². The first kappa shape index (κ1) is 18.4. The molecule has 1 heterocycles. The standard InChI is InChI=1S/C18H24BrNO2S/c1-12(14-8-10-23-11-9-14)20-13(2)17(18(21)22-3)15-6-4-5-7-16(15)19/h4-7,12,14,20H,8-11H2,1-3H3/b17-13-. The van der Waals surface area contributed by atoms with Crippen molar-refractivity contribution >= 4 is 39.2 Å². The van der Waals surface area contributed by atoms with Gasteiger partial charge in [-0.05, 0) is 50.2 Å². The minimum absolute atomic E-state index is 0.312. The van der Waals surface area contributed by atoms with E-state index in [1.54, 1.807) is 0 Å². The molecule has 0 amide bonds. The average molecular weight is 398 g/mol. The molecule has 126 valence electrons. The second kappa shape index (κ2) is 8.78. The minimum Gasteiger partial charge on any atom is -0.465 e. The molecule has 0 aliphatic carbocycles. The molecule has 1 fully saturated rings. The van der Waals surface area contributed by atoms with Crippen LogP contribution in [0.4, 0.5) is 0 Å². The van der Waals surface area contributed by atoms with E-state index in [1.165, 1.54) is 31.5 Å². The Hall–Kier alpha value is -0.940. The third-order valence-electron chi connectivity index (χ3n) is 4.32.